The third-order valence-electron chi connectivity index (χ3n) is 3.59. The largest absolute Gasteiger partial charge is 0.486 e. The maximum atomic E-state index is 12.3. The smallest absolute Gasteiger partial charge is 0.255 e. The lowest BCUT2D eigenvalue weighted by Crippen LogP contribution is -2.35. The van der Waals surface area contributed by atoms with Gasteiger partial charge in [-0.3, -0.25) is 9.59 Å². The lowest BCUT2D eigenvalue weighted by atomic mass is 10.1. The van der Waals surface area contributed by atoms with E-state index in [1.165, 1.54) is 0 Å². The molecular weight excluding hydrogens is 388 g/mol. The molecule has 2 aromatic rings. The second-order valence-electron chi connectivity index (χ2n) is 5.35. The van der Waals surface area contributed by atoms with Gasteiger partial charge < -0.3 is 20.1 Å². The summed E-state index contributed by atoms with van der Waals surface area (Å²) in [7, 11) is 0. The topological polar surface area (TPSA) is 76.7 Å². The Morgan fingerprint density at radius 1 is 0.960 bits per heavy atom. The van der Waals surface area contributed by atoms with Crippen LogP contribution >= 0.6 is 15.9 Å². The number of carbonyl (C=O) groups excluding carboxylic acids is 2. The zero-order valence-corrected chi connectivity index (χ0v) is 15.0. The highest BCUT2D eigenvalue weighted by Gasteiger charge is 2.20. The van der Waals surface area contributed by atoms with E-state index in [9.17, 15) is 9.59 Å². The Bertz CT molecular complexity index is 794. The van der Waals surface area contributed by atoms with Crippen LogP contribution in [0.1, 0.15) is 20.7 Å². The fraction of sp³-hybridized carbons (Fsp3) is 0.222. The number of benzene rings is 2. The number of nitrogens with one attached hydrogen (secondary N) is 2. The van der Waals surface area contributed by atoms with Crippen LogP contribution in [0.3, 0.4) is 0 Å². The van der Waals surface area contributed by atoms with Gasteiger partial charge in [0, 0.05) is 23.1 Å². The molecule has 2 amide bonds. The predicted octanol–water partition coefficient (Wildman–Crippen LogP) is 2.38. The van der Waals surface area contributed by atoms with Gasteiger partial charge in [-0.05, 0) is 30.3 Å². The Balaban J connectivity index is 1.51. The summed E-state index contributed by atoms with van der Waals surface area (Å²) < 4.78 is 11.8. The number of fused-ring (bicyclic) bond motifs is 1. The summed E-state index contributed by atoms with van der Waals surface area (Å²) in [4.78, 5) is 24.3. The number of hydrogen-bond acceptors (Lipinski definition) is 4. The van der Waals surface area contributed by atoms with Crippen molar-refractivity contribution in [2.24, 2.45) is 0 Å². The minimum atomic E-state index is -0.265. The molecule has 1 aliphatic heterocycles. The van der Waals surface area contributed by atoms with Crippen molar-refractivity contribution in [3.63, 3.8) is 0 Å². The fourth-order valence-corrected chi connectivity index (χ4v) is 2.83. The third kappa shape index (κ3) is 4.30. The molecular formula is C18H17BrN2O4. The average Bonchev–Trinajstić information content (AvgIpc) is 2.64. The number of hydrogen-bond donors (Lipinski definition) is 2. The van der Waals surface area contributed by atoms with Crippen LogP contribution < -0.4 is 20.1 Å². The lowest BCUT2D eigenvalue weighted by molar-refractivity contribution is 0.0921. The first-order chi connectivity index (χ1) is 12.1. The van der Waals surface area contributed by atoms with Crippen molar-refractivity contribution in [2.45, 2.75) is 0 Å². The molecule has 0 aromatic heterocycles. The summed E-state index contributed by atoms with van der Waals surface area (Å²) in [6.07, 6.45) is 0. The van der Waals surface area contributed by atoms with Gasteiger partial charge in [0.05, 0.1) is 5.56 Å². The number of para-hydroxylation sites is 1. The Morgan fingerprint density at radius 3 is 2.48 bits per heavy atom. The van der Waals surface area contributed by atoms with Crippen molar-refractivity contribution in [3.05, 3.63) is 58.1 Å². The van der Waals surface area contributed by atoms with Gasteiger partial charge in [0.15, 0.2) is 11.5 Å². The maximum Gasteiger partial charge on any atom is 0.255 e. The zero-order chi connectivity index (χ0) is 17.6. The van der Waals surface area contributed by atoms with E-state index in [2.05, 4.69) is 26.6 Å². The van der Waals surface area contributed by atoms with Crippen LogP contribution in [0.4, 0.5) is 0 Å². The quantitative estimate of drug-likeness (QED) is 0.750. The second-order valence-corrected chi connectivity index (χ2v) is 6.27. The Kier molecular flexibility index (Phi) is 5.55. The standard InChI is InChI=1S/C18H17BrN2O4/c19-13-4-1-3-12(11-13)17(22)20-7-8-21-18(23)14-5-2-6-15-16(14)25-10-9-24-15/h1-6,11H,7-10H2,(H,20,22)(H,21,23). The molecule has 25 heavy (non-hydrogen) atoms. The van der Waals surface area contributed by atoms with Crippen molar-refractivity contribution in [2.75, 3.05) is 26.3 Å². The zero-order valence-electron chi connectivity index (χ0n) is 13.4. The number of halogens is 1. The highest BCUT2D eigenvalue weighted by molar-refractivity contribution is 9.10. The van der Waals surface area contributed by atoms with E-state index in [0.29, 0.717) is 48.9 Å². The van der Waals surface area contributed by atoms with Crippen molar-refractivity contribution in [3.8, 4) is 11.5 Å². The third-order valence-corrected chi connectivity index (χ3v) is 4.09. The molecule has 0 saturated carbocycles. The highest BCUT2D eigenvalue weighted by Crippen LogP contribution is 2.33. The van der Waals surface area contributed by atoms with Crippen molar-refractivity contribution in [1.82, 2.24) is 10.6 Å². The number of amides is 2. The van der Waals surface area contributed by atoms with Crippen LogP contribution in [-0.2, 0) is 0 Å². The first-order valence-corrected chi connectivity index (χ1v) is 8.65. The van der Waals surface area contributed by atoms with Crippen LogP contribution in [0, 0.1) is 0 Å². The van der Waals surface area contributed by atoms with Gasteiger partial charge in [0.2, 0.25) is 0 Å². The summed E-state index contributed by atoms with van der Waals surface area (Å²) in [6, 6.07) is 12.3. The molecule has 3 rings (SSSR count). The summed E-state index contributed by atoms with van der Waals surface area (Å²) in [5.41, 5.74) is 0.985. The Hall–Kier alpha value is -2.54. The lowest BCUT2D eigenvalue weighted by Gasteiger charge is -2.20. The van der Waals surface area contributed by atoms with E-state index in [1.807, 2.05) is 6.07 Å². The van der Waals surface area contributed by atoms with E-state index >= 15 is 0 Å². The predicted molar refractivity (Wildman–Crippen MR) is 96.2 cm³/mol. The van der Waals surface area contributed by atoms with Crippen LogP contribution in [-0.4, -0.2) is 38.1 Å². The number of rotatable bonds is 5. The van der Waals surface area contributed by atoms with E-state index < -0.39 is 0 Å². The van der Waals surface area contributed by atoms with Gasteiger partial charge >= 0.3 is 0 Å². The van der Waals surface area contributed by atoms with Gasteiger partial charge in [-0.2, -0.15) is 0 Å². The summed E-state index contributed by atoms with van der Waals surface area (Å²) in [5, 5.41) is 5.53. The van der Waals surface area contributed by atoms with Crippen LogP contribution in [0.5, 0.6) is 11.5 Å². The maximum absolute atomic E-state index is 12.3. The molecule has 0 bridgehead atoms. The van der Waals surface area contributed by atoms with Crippen LogP contribution in [0.25, 0.3) is 0 Å². The molecule has 0 atom stereocenters. The second kappa shape index (κ2) is 8.02. The molecule has 1 heterocycles. The fourth-order valence-electron chi connectivity index (χ4n) is 2.43. The molecule has 0 fully saturated rings. The van der Waals surface area contributed by atoms with Gasteiger partial charge in [0.25, 0.3) is 11.8 Å². The Labute approximate surface area is 153 Å². The molecule has 0 spiro atoms. The highest BCUT2D eigenvalue weighted by atomic mass is 79.9. The molecule has 6 nitrogen and oxygen atoms in total. The van der Waals surface area contributed by atoms with Crippen molar-refractivity contribution in [1.29, 1.82) is 0 Å². The normalized spacial score (nSPS) is 12.4. The molecule has 130 valence electrons. The van der Waals surface area contributed by atoms with Crippen molar-refractivity contribution < 1.29 is 19.1 Å². The summed E-state index contributed by atoms with van der Waals surface area (Å²) >= 11 is 3.33. The van der Waals surface area contributed by atoms with Gasteiger partial charge in [-0.25, -0.2) is 0 Å². The van der Waals surface area contributed by atoms with Crippen LogP contribution in [0.2, 0.25) is 0 Å². The molecule has 2 aromatic carbocycles. The molecule has 2 N–H and O–H groups in total. The first-order valence-electron chi connectivity index (χ1n) is 7.86. The van der Waals surface area contributed by atoms with Crippen LogP contribution in [0.15, 0.2) is 46.9 Å². The van der Waals surface area contributed by atoms with E-state index in [0.717, 1.165) is 4.47 Å². The van der Waals surface area contributed by atoms with Crippen molar-refractivity contribution >= 4 is 27.7 Å². The molecule has 0 saturated heterocycles. The van der Waals surface area contributed by atoms with Gasteiger partial charge in [-0.1, -0.05) is 28.1 Å². The number of carbonyl (C=O) groups is 2. The molecule has 0 unspecified atom stereocenters. The monoisotopic (exact) mass is 404 g/mol. The molecule has 0 aliphatic carbocycles. The number of ether oxygens (including phenoxy) is 2. The van der Waals surface area contributed by atoms with E-state index in [1.54, 1.807) is 36.4 Å². The molecule has 0 radical (unpaired) electrons. The van der Waals surface area contributed by atoms with E-state index in [4.69, 9.17) is 9.47 Å². The SMILES string of the molecule is O=C(NCCNC(=O)c1cccc2c1OCCO2)c1cccc(Br)c1. The average molecular weight is 405 g/mol. The Morgan fingerprint density at radius 2 is 1.68 bits per heavy atom. The first kappa shape index (κ1) is 17.3. The van der Waals surface area contributed by atoms with Gasteiger partial charge in [0.1, 0.15) is 13.2 Å². The van der Waals surface area contributed by atoms with Gasteiger partial charge in [-0.15, -0.1) is 0 Å². The minimum absolute atomic E-state index is 0.190. The van der Waals surface area contributed by atoms with E-state index in [-0.39, 0.29) is 11.8 Å². The minimum Gasteiger partial charge on any atom is -0.486 e. The summed E-state index contributed by atoms with van der Waals surface area (Å²) in [6.45, 7) is 1.52. The summed E-state index contributed by atoms with van der Waals surface area (Å²) in [5.74, 6) is 0.578. The molecule has 7 heteroatoms. The molecule has 1 aliphatic rings.